The van der Waals surface area contributed by atoms with Gasteiger partial charge in [-0.15, -0.1) is 0 Å². The Balaban J connectivity index is 3.01. The fourth-order valence-corrected chi connectivity index (χ4v) is 1.56. The topological polar surface area (TPSA) is 29.5 Å². The van der Waals surface area contributed by atoms with Crippen LogP contribution >= 0.6 is 11.6 Å². The fraction of sp³-hybridized carbons (Fsp3) is 0.417. The van der Waals surface area contributed by atoms with Crippen LogP contribution in [0.25, 0.3) is 0 Å². The molecule has 1 amide bonds. The average molecular weight is 260 g/mol. The Morgan fingerprint density at radius 2 is 2.24 bits per heavy atom. The zero-order valence-electron chi connectivity index (χ0n) is 10.0. The molecular formula is C12H15ClFNO2. The molecule has 17 heavy (non-hydrogen) atoms. The molecular weight excluding hydrogens is 245 g/mol. The summed E-state index contributed by atoms with van der Waals surface area (Å²) in [5.74, 6) is -0.753. The highest BCUT2D eigenvalue weighted by atomic mass is 35.5. The summed E-state index contributed by atoms with van der Waals surface area (Å²) in [6.45, 7) is 3.90. The minimum atomic E-state index is -0.561. The monoisotopic (exact) mass is 259 g/mol. The molecule has 0 aliphatic heterocycles. The Kier molecular flexibility index (Phi) is 4.90. The number of likely N-dealkylation sites (N-methyl/N-ethyl adjacent to an activating group) is 1. The molecule has 0 unspecified atom stereocenters. The van der Waals surface area contributed by atoms with Crippen molar-refractivity contribution in [3.8, 4) is 0 Å². The van der Waals surface area contributed by atoms with Gasteiger partial charge in [0.1, 0.15) is 11.9 Å². The molecule has 0 aliphatic carbocycles. The average Bonchev–Trinajstić information content (AvgIpc) is 2.33. The van der Waals surface area contributed by atoms with E-state index >= 15 is 0 Å². The van der Waals surface area contributed by atoms with Crippen molar-refractivity contribution >= 4 is 23.2 Å². The summed E-state index contributed by atoms with van der Waals surface area (Å²) in [6.07, 6.45) is -0.561. The third-order valence-electron chi connectivity index (χ3n) is 2.50. The SMILES string of the molecule is CCN(C(=O)[C@H](C)OC)c1ccc(Cl)c(F)c1. The van der Waals surface area contributed by atoms with Crippen molar-refractivity contribution in [1.29, 1.82) is 0 Å². The highest BCUT2D eigenvalue weighted by Gasteiger charge is 2.20. The molecule has 0 bridgehead atoms. The van der Waals surface area contributed by atoms with Crippen LogP contribution in [0.15, 0.2) is 18.2 Å². The Morgan fingerprint density at radius 3 is 2.71 bits per heavy atom. The number of carbonyl (C=O) groups is 1. The lowest BCUT2D eigenvalue weighted by Gasteiger charge is -2.24. The van der Waals surface area contributed by atoms with Gasteiger partial charge in [0, 0.05) is 19.3 Å². The van der Waals surface area contributed by atoms with Gasteiger partial charge in [-0.1, -0.05) is 11.6 Å². The van der Waals surface area contributed by atoms with Crippen LogP contribution < -0.4 is 4.90 Å². The number of ether oxygens (including phenoxy) is 1. The molecule has 3 nitrogen and oxygen atoms in total. The van der Waals surface area contributed by atoms with Gasteiger partial charge in [-0.05, 0) is 32.0 Å². The summed E-state index contributed by atoms with van der Waals surface area (Å²) in [5, 5.41) is 0.0389. The van der Waals surface area contributed by atoms with Crippen molar-refractivity contribution in [2.45, 2.75) is 20.0 Å². The Labute approximate surface area is 105 Å². The molecule has 0 saturated carbocycles. The van der Waals surface area contributed by atoms with Gasteiger partial charge < -0.3 is 9.64 Å². The Morgan fingerprint density at radius 1 is 1.59 bits per heavy atom. The predicted octanol–water partition coefficient (Wildman–Crippen LogP) is 2.87. The zero-order valence-corrected chi connectivity index (χ0v) is 10.8. The number of carbonyl (C=O) groups excluding carboxylic acids is 1. The molecule has 1 rings (SSSR count). The number of nitrogens with zero attached hydrogens (tertiary/aromatic N) is 1. The van der Waals surface area contributed by atoms with Crippen molar-refractivity contribution in [3.63, 3.8) is 0 Å². The standard InChI is InChI=1S/C12H15ClFNO2/c1-4-15(12(16)8(2)17-3)9-5-6-10(13)11(14)7-9/h5-8H,4H2,1-3H3/t8-/m0/s1. The number of methoxy groups -OCH3 is 1. The summed E-state index contributed by atoms with van der Waals surface area (Å²) in [6, 6.07) is 4.28. The largest absolute Gasteiger partial charge is 0.372 e. The summed E-state index contributed by atoms with van der Waals surface area (Å²) < 4.78 is 18.3. The molecule has 0 aliphatic rings. The number of rotatable bonds is 4. The van der Waals surface area contributed by atoms with Crippen LogP contribution in [0.2, 0.25) is 5.02 Å². The molecule has 0 heterocycles. The molecule has 0 spiro atoms. The molecule has 0 aromatic heterocycles. The van der Waals surface area contributed by atoms with Gasteiger partial charge in [-0.3, -0.25) is 4.79 Å². The van der Waals surface area contributed by atoms with E-state index in [0.29, 0.717) is 12.2 Å². The van der Waals surface area contributed by atoms with Crippen LogP contribution in [-0.2, 0) is 9.53 Å². The van der Waals surface area contributed by atoms with Crippen molar-refractivity contribution < 1.29 is 13.9 Å². The van der Waals surface area contributed by atoms with E-state index in [1.165, 1.54) is 24.1 Å². The Bertz CT molecular complexity index is 411. The molecule has 5 heteroatoms. The maximum atomic E-state index is 13.3. The highest BCUT2D eigenvalue weighted by Crippen LogP contribution is 2.22. The number of amides is 1. The number of hydrogen-bond acceptors (Lipinski definition) is 2. The summed E-state index contributed by atoms with van der Waals surface area (Å²) in [7, 11) is 1.46. The van der Waals surface area contributed by atoms with Gasteiger partial charge in [0.15, 0.2) is 0 Å². The van der Waals surface area contributed by atoms with Gasteiger partial charge in [-0.25, -0.2) is 4.39 Å². The molecule has 1 atom stereocenters. The maximum Gasteiger partial charge on any atom is 0.255 e. The lowest BCUT2D eigenvalue weighted by atomic mass is 10.2. The predicted molar refractivity (Wildman–Crippen MR) is 65.9 cm³/mol. The molecule has 1 aromatic rings. The van der Waals surface area contributed by atoms with Crippen LogP contribution in [0.3, 0.4) is 0 Å². The minimum absolute atomic E-state index is 0.0389. The van der Waals surface area contributed by atoms with E-state index in [2.05, 4.69) is 0 Å². The van der Waals surface area contributed by atoms with Crippen LogP contribution in [0.1, 0.15) is 13.8 Å². The first-order valence-electron chi connectivity index (χ1n) is 5.30. The number of anilines is 1. The molecule has 0 saturated heterocycles. The summed E-state index contributed by atoms with van der Waals surface area (Å²) in [5.41, 5.74) is 0.475. The van der Waals surface area contributed by atoms with Gasteiger partial charge in [0.05, 0.1) is 5.02 Å². The second-order valence-corrected chi connectivity index (χ2v) is 3.97. The lowest BCUT2D eigenvalue weighted by molar-refractivity contribution is -0.127. The Hall–Kier alpha value is -1.13. The van der Waals surface area contributed by atoms with Gasteiger partial charge in [0.2, 0.25) is 0 Å². The molecule has 94 valence electrons. The normalized spacial score (nSPS) is 12.3. The molecule has 1 aromatic carbocycles. The van der Waals surface area contributed by atoms with Crippen LogP contribution in [-0.4, -0.2) is 25.7 Å². The van der Waals surface area contributed by atoms with Gasteiger partial charge >= 0.3 is 0 Å². The van der Waals surface area contributed by atoms with Crippen LogP contribution in [0.5, 0.6) is 0 Å². The number of halogens is 2. The smallest absolute Gasteiger partial charge is 0.255 e. The minimum Gasteiger partial charge on any atom is -0.372 e. The van der Waals surface area contributed by atoms with E-state index in [0.717, 1.165) is 0 Å². The van der Waals surface area contributed by atoms with E-state index in [1.54, 1.807) is 13.0 Å². The van der Waals surface area contributed by atoms with Crippen molar-refractivity contribution in [2.75, 3.05) is 18.6 Å². The molecule has 0 radical (unpaired) electrons. The van der Waals surface area contributed by atoms with Crippen molar-refractivity contribution in [1.82, 2.24) is 0 Å². The maximum absolute atomic E-state index is 13.3. The zero-order chi connectivity index (χ0) is 13.0. The number of hydrogen-bond donors (Lipinski definition) is 0. The molecule has 0 N–H and O–H groups in total. The van der Waals surface area contributed by atoms with Gasteiger partial charge in [-0.2, -0.15) is 0 Å². The first-order valence-corrected chi connectivity index (χ1v) is 5.68. The number of benzene rings is 1. The summed E-state index contributed by atoms with van der Waals surface area (Å²) in [4.78, 5) is 13.4. The highest BCUT2D eigenvalue weighted by molar-refractivity contribution is 6.30. The van der Waals surface area contributed by atoms with Crippen molar-refractivity contribution in [3.05, 3.63) is 29.0 Å². The van der Waals surface area contributed by atoms with E-state index in [4.69, 9.17) is 16.3 Å². The van der Waals surface area contributed by atoms with Crippen molar-refractivity contribution in [2.24, 2.45) is 0 Å². The van der Waals surface area contributed by atoms with Crippen LogP contribution in [0, 0.1) is 5.82 Å². The van der Waals surface area contributed by atoms with Crippen LogP contribution in [0.4, 0.5) is 10.1 Å². The summed E-state index contributed by atoms with van der Waals surface area (Å²) >= 11 is 5.59. The first kappa shape index (κ1) is 13.9. The van der Waals surface area contributed by atoms with E-state index in [-0.39, 0.29) is 10.9 Å². The quantitative estimate of drug-likeness (QED) is 0.832. The van der Waals surface area contributed by atoms with E-state index in [1.807, 2.05) is 6.92 Å². The van der Waals surface area contributed by atoms with E-state index in [9.17, 15) is 9.18 Å². The van der Waals surface area contributed by atoms with Gasteiger partial charge in [0.25, 0.3) is 5.91 Å². The molecule has 0 fully saturated rings. The fourth-order valence-electron chi connectivity index (χ4n) is 1.44. The second kappa shape index (κ2) is 5.98. The third kappa shape index (κ3) is 3.17. The lowest BCUT2D eigenvalue weighted by Crippen LogP contribution is -2.38. The second-order valence-electron chi connectivity index (χ2n) is 3.56. The first-order chi connectivity index (χ1) is 8.01. The third-order valence-corrected chi connectivity index (χ3v) is 2.80. The van der Waals surface area contributed by atoms with E-state index < -0.39 is 11.9 Å².